The largest absolute Gasteiger partial charge is 0.481 e. The van der Waals surface area contributed by atoms with Crippen molar-refractivity contribution in [3.05, 3.63) is 0 Å². The summed E-state index contributed by atoms with van der Waals surface area (Å²) in [5, 5.41) is 18.8. The number of carbonyl (C=O) groups excluding carboxylic acids is 2. The van der Waals surface area contributed by atoms with E-state index in [1.807, 2.05) is 0 Å². The summed E-state index contributed by atoms with van der Waals surface area (Å²) in [5.74, 6) is -3.62. The summed E-state index contributed by atoms with van der Waals surface area (Å²) in [6.07, 6.45) is -4.82. The first-order chi connectivity index (χ1) is 21.3. The van der Waals surface area contributed by atoms with Gasteiger partial charge < -0.3 is 38.3 Å². The Bertz CT molecular complexity index is 1070. The monoisotopic (exact) mass is 676 g/mol. The number of carbonyl (C=O) groups is 4. The third-order valence-corrected chi connectivity index (χ3v) is 12.9. The number of hydrogen-bond donors (Lipinski definition) is 2. The SMILES string of the molecule is CC(=O)O[C@H]1[C@@H]2O[C@H](CC(CCC(=O)O)CC(=O)O)[C@H](O[Si](F)(C(C)C)C(C)C)[C@@H]2O[C@H]2CC[C@H](CCOC(=O)C(C)(C)C)O[C@H]12. The van der Waals surface area contributed by atoms with E-state index in [1.165, 1.54) is 6.92 Å². The molecule has 0 radical (unpaired) electrons. The minimum atomic E-state index is -3.90. The first kappa shape index (κ1) is 38.3. The molecule has 3 fully saturated rings. The van der Waals surface area contributed by atoms with Crippen molar-refractivity contribution in [2.24, 2.45) is 11.3 Å². The highest BCUT2D eigenvalue weighted by atomic mass is 28.4. The van der Waals surface area contributed by atoms with Crippen molar-refractivity contribution in [3.63, 3.8) is 0 Å². The number of carboxylic acids is 2. The highest BCUT2D eigenvalue weighted by molar-refractivity contribution is 6.69. The van der Waals surface area contributed by atoms with Gasteiger partial charge in [-0.15, -0.1) is 0 Å². The Balaban J connectivity index is 1.90. The van der Waals surface area contributed by atoms with E-state index in [-0.39, 0.29) is 44.4 Å². The number of aliphatic carboxylic acids is 2. The van der Waals surface area contributed by atoms with Gasteiger partial charge in [0.25, 0.3) is 0 Å². The zero-order valence-electron chi connectivity index (χ0n) is 28.4. The van der Waals surface area contributed by atoms with Crippen LogP contribution in [0.3, 0.4) is 0 Å². The first-order valence-electron chi connectivity index (χ1n) is 16.4. The second kappa shape index (κ2) is 15.8. The summed E-state index contributed by atoms with van der Waals surface area (Å²) >= 11 is 0. The van der Waals surface area contributed by atoms with E-state index in [0.29, 0.717) is 19.3 Å². The van der Waals surface area contributed by atoms with E-state index >= 15 is 4.11 Å². The van der Waals surface area contributed by atoms with Crippen molar-refractivity contribution in [2.75, 3.05) is 6.61 Å². The molecule has 3 aliphatic heterocycles. The maximum atomic E-state index is 16.7. The van der Waals surface area contributed by atoms with Gasteiger partial charge in [-0.25, -0.2) is 0 Å². The van der Waals surface area contributed by atoms with E-state index in [4.69, 9.17) is 28.1 Å². The molecule has 3 heterocycles. The van der Waals surface area contributed by atoms with Crippen molar-refractivity contribution >= 4 is 32.5 Å². The van der Waals surface area contributed by atoms with Crippen LogP contribution in [0.25, 0.3) is 0 Å². The van der Waals surface area contributed by atoms with Crippen molar-refractivity contribution in [2.45, 2.75) is 160 Å². The maximum absolute atomic E-state index is 16.7. The van der Waals surface area contributed by atoms with Gasteiger partial charge >= 0.3 is 32.5 Å². The molecule has 0 spiro atoms. The predicted molar refractivity (Wildman–Crippen MR) is 165 cm³/mol. The van der Waals surface area contributed by atoms with Crippen LogP contribution < -0.4 is 0 Å². The Morgan fingerprint density at radius 2 is 1.54 bits per heavy atom. The molecule has 0 saturated carbocycles. The van der Waals surface area contributed by atoms with Gasteiger partial charge in [-0.1, -0.05) is 27.7 Å². The van der Waals surface area contributed by atoms with Gasteiger partial charge in [0.05, 0.1) is 30.3 Å². The van der Waals surface area contributed by atoms with Gasteiger partial charge in [0, 0.05) is 37.3 Å². The molecule has 3 rings (SSSR count). The van der Waals surface area contributed by atoms with Crippen molar-refractivity contribution in [3.8, 4) is 0 Å². The van der Waals surface area contributed by atoms with Crippen LogP contribution in [0.5, 0.6) is 0 Å². The standard InChI is InChI=1S/C32H53FO12Si/c1-17(2)46(33,18(3)4)45-27-23(15-20(16-25(37)38)9-12-24(35)36)44-30-28(41-19(5)34)26-22(43-29(27)30)11-10-21(42-26)13-14-40-31(39)32(6,7)8/h17-18,20-23,26-30H,9-16H2,1-8H3,(H,35,36)(H,37,38)/t20?,21-,22+,23-,26+,27+,28-,29+,30+/m1/s1. The lowest BCUT2D eigenvalue weighted by Crippen LogP contribution is -2.63. The van der Waals surface area contributed by atoms with E-state index in [0.717, 1.165) is 0 Å². The first-order valence-corrected chi connectivity index (χ1v) is 18.4. The second-order valence-electron chi connectivity index (χ2n) is 14.5. The number of hydrogen-bond acceptors (Lipinski definition) is 10. The quantitative estimate of drug-likeness (QED) is 0.137. The molecule has 46 heavy (non-hydrogen) atoms. The number of esters is 2. The van der Waals surface area contributed by atoms with Crippen LogP contribution in [0.1, 0.15) is 100 Å². The van der Waals surface area contributed by atoms with Crippen LogP contribution in [-0.2, 0) is 47.3 Å². The molecule has 0 amide bonds. The molecule has 1 unspecified atom stereocenters. The fraction of sp³-hybridized carbons (Fsp3) is 0.875. The molecule has 264 valence electrons. The predicted octanol–water partition coefficient (Wildman–Crippen LogP) is 4.94. The normalized spacial score (nSPS) is 30.4. The Hall–Kier alpha value is -2.13. The molecule has 0 aliphatic carbocycles. The summed E-state index contributed by atoms with van der Waals surface area (Å²) in [5.41, 5.74) is -1.47. The average Bonchev–Trinajstić information content (AvgIpc) is 3.26. The molecule has 0 bridgehead atoms. The van der Waals surface area contributed by atoms with Crippen LogP contribution >= 0.6 is 0 Å². The molecule has 0 aromatic rings. The molecule has 0 aromatic carbocycles. The minimum absolute atomic E-state index is 0.0835. The lowest BCUT2D eigenvalue weighted by Gasteiger charge is -2.48. The van der Waals surface area contributed by atoms with Gasteiger partial charge in [0.2, 0.25) is 0 Å². The summed E-state index contributed by atoms with van der Waals surface area (Å²) in [7, 11) is -3.90. The number of rotatable bonds is 15. The number of ether oxygens (including phenoxy) is 5. The Kier molecular flexibility index (Phi) is 13.2. The number of carboxylic acid groups (broad SMARTS) is 2. The van der Waals surface area contributed by atoms with Gasteiger partial charge in [0.15, 0.2) is 6.10 Å². The zero-order valence-corrected chi connectivity index (χ0v) is 29.4. The summed E-state index contributed by atoms with van der Waals surface area (Å²) < 4.78 is 53.8. The third-order valence-electron chi connectivity index (χ3n) is 9.09. The number of fused-ring (bicyclic) bond motifs is 2. The fourth-order valence-electron chi connectivity index (χ4n) is 6.61. The summed E-state index contributed by atoms with van der Waals surface area (Å²) in [6.45, 7) is 13.8. The minimum Gasteiger partial charge on any atom is -0.481 e. The Morgan fingerprint density at radius 3 is 2.09 bits per heavy atom. The Morgan fingerprint density at radius 1 is 0.913 bits per heavy atom. The highest BCUT2D eigenvalue weighted by Crippen LogP contribution is 2.46. The van der Waals surface area contributed by atoms with E-state index in [9.17, 15) is 29.4 Å². The summed E-state index contributed by atoms with van der Waals surface area (Å²) in [6, 6.07) is 0. The van der Waals surface area contributed by atoms with Gasteiger partial charge in [0.1, 0.15) is 24.4 Å². The molecule has 14 heteroatoms. The third kappa shape index (κ3) is 9.71. The van der Waals surface area contributed by atoms with Crippen LogP contribution in [-0.4, -0.2) is 98.2 Å². The fourth-order valence-corrected chi connectivity index (χ4v) is 9.19. The van der Waals surface area contributed by atoms with Crippen LogP contribution in [0.4, 0.5) is 4.11 Å². The highest BCUT2D eigenvalue weighted by Gasteiger charge is 2.61. The molecule has 0 aromatic heterocycles. The van der Waals surface area contributed by atoms with Crippen LogP contribution in [0.2, 0.25) is 11.1 Å². The van der Waals surface area contributed by atoms with E-state index in [2.05, 4.69) is 0 Å². The van der Waals surface area contributed by atoms with Crippen LogP contribution in [0, 0.1) is 11.3 Å². The van der Waals surface area contributed by atoms with E-state index < -0.39 is 91.7 Å². The lowest BCUT2D eigenvalue weighted by atomic mass is 9.86. The Labute approximate surface area is 272 Å². The molecule has 12 nitrogen and oxygen atoms in total. The van der Waals surface area contributed by atoms with Gasteiger partial charge in [-0.05, 0) is 52.4 Å². The van der Waals surface area contributed by atoms with Crippen LogP contribution in [0.15, 0.2) is 0 Å². The molecule has 2 N–H and O–H groups in total. The van der Waals surface area contributed by atoms with Crippen molar-refractivity contribution in [1.29, 1.82) is 0 Å². The average molecular weight is 677 g/mol. The van der Waals surface area contributed by atoms with Crippen molar-refractivity contribution in [1.82, 2.24) is 0 Å². The molecule has 3 aliphatic rings. The van der Waals surface area contributed by atoms with Gasteiger partial charge in [-0.2, -0.15) is 0 Å². The lowest BCUT2D eigenvalue weighted by molar-refractivity contribution is -0.265. The molecule has 9 atom stereocenters. The zero-order chi connectivity index (χ0) is 34.6. The van der Waals surface area contributed by atoms with E-state index in [1.54, 1.807) is 48.5 Å². The molecule has 3 saturated heterocycles. The maximum Gasteiger partial charge on any atom is 0.389 e. The topological polar surface area (TPSA) is 164 Å². The summed E-state index contributed by atoms with van der Waals surface area (Å²) in [4.78, 5) is 47.7. The van der Waals surface area contributed by atoms with Crippen molar-refractivity contribution < 1.29 is 61.6 Å². The molecular weight excluding hydrogens is 623 g/mol. The van der Waals surface area contributed by atoms with Gasteiger partial charge in [-0.3, -0.25) is 23.3 Å². The smallest absolute Gasteiger partial charge is 0.389 e. The second-order valence-corrected chi connectivity index (χ2v) is 18.5. The number of halogens is 1. The molecular formula is C32H53FO12Si.